The van der Waals surface area contributed by atoms with E-state index >= 15 is 0 Å². The topological polar surface area (TPSA) is 160 Å². The minimum atomic E-state index is -1.16. The first kappa shape index (κ1) is 23.4. The summed E-state index contributed by atoms with van der Waals surface area (Å²) in [6, 6.07) is 17.1. The van der Waals surface area contributed by atoms with Gasteiger partial charge in [-0.05, 0) is 42.7 Å². The van der Waals surface area contributed by atoms with Gasteiger partial charge in [0.05, 0.1) is 18.4 Å². The molecule has 10 heteroatoms. The van der Waals surface area contributed by atoms with Crippen molar-refractivity contribution in [3.8, 4) is 11.6 Å². The molecule has 2 aromatic carbocycles. The number of aryl methyl sites for hydroxylation is 1. The number of H-pyrrole nitrogens is 1. The second-order valence-corrected chi connectivity index (χ2v) is 8.00. The van der Waals surface area contributed by atoms with Crippen LogP contribution in [-0.4, -0.2) is 43.8 Å². The van der Waals surface area contributed by atoms with Gasteiger partial charge in [0.1, 0.15) is 11.7 Å². The summed E-state index contributed by atoms with van der Waals surface area (Å²) in [4.78, 5) is 31.7. The summed E-state index contributed by atoms with van der Waals surface area (Å²) in [6.45, 7) is 1.84. The van der Waals surface area contributed by atoms with Gasteiger partial charge >= 0.3 is 11.7 Å². The zero-order valence-electron chi connectivity index (χ0n) is 19.1. The maximum absolute atomic E-state index is 12.9. The number of hydrogen-bond donors (Lipinski definition) is 4. The number of pyridine rings is 1. The SMILES string of the molecule is COc1cc(C(Cc2ccc(C(=N)N)cc2)c2nn(-c3ccccc3C(=O)O)c(=O)[nH]2)cc(C)n1. The molecule has 10 nitrogen and oxygen atoms in total. The first-order valence-electron chi connectivity index (χ1n) is 10.7. The third kappa shape index (κ3) is 4.96. The maximum atomic E-state index is 12.9. The molecule has 0 spiro atoms. The van der Waals surface area contributed by atoms with Crippen LogP contribution >= 0.6 is 0 Å². The number of nitrogens with one attached hydrogen (secondary N) is 2. The van der Waals surface area contributed by atoms with Gasteiger partial charge < -0.3 is 15.6 Å². The molecular weight excluding hydrogens is 448 g/mol. The number of nitrogens with zero attached hydrogens (tertiary/aromatic N) is 3. The largest absolute Gasteiger partial charge is 0.481 e. The van der Waals surface area contributed by atoms with Crippen molar-refractivity contribution in [1.82, 2.24) is 19.7 Å². The van der Waals surface area contributed by atoms with Gasteiger partial charge in [-0.3, -0.25) is 10.4 Å². The Morgan fingerprint density at radius 2 is 1.91 bits per heavy atom. The van der Waals surface area contributed by atoms with Crippen LogP contribution in [0, 0.1) is 12.3 Å². The minimum absolute atomic E-state index is 0.0252. The molecule has 2 heterocycles. The van der Waals surface area contributed by atoms with Crippen LogP contribution in [0.5, 0.6) is 5.88 Å². The van der Waals surface area contributed by atoms with E-state index in [4.69, 9.17) is 15.9 Å². The second kappa shape index (κ2) is 9.64. The van der Waals surface area contributed by atoms with Crippen molar-refractivity contribution in [2.24, 2.45) is 5.73 Å². The van der Waals surface area contributed by atoms with E-state index in [1.807, 2.05) is 25.1 Å². The average Bonchev–Trinajstić information content (AvgIpc) is 3.23. The van der Waals surface area contributed by atoms with Gasteiger partial charge in [-0.15, -0.1) is 5.10 Å². The van der Waals surface area contributed by atoms with Gasteiger partial charge in [0.25, 0.3) is 0 Å². The first-order chi connectivity index (χ1) is 16.8. The van der Waals surface area contributed by atoms with Gasteiger partial charge in [0.2, 0.25) is 5.88 Å². The molecule has 0 aliphatic carbocycles. The standard InChI is InChI=1S/C25H24N6O4/c1-14-11-17(13-21(28-14)35-2)19(12-15-7-9-16(10-8-15)22(26)27)23-29-25(34)31(30-23)20-6-4-3-5-18(20)24(32)33/h3-11,13,19H,12H2,1-2H3,(H3,26,27)(H,32,33)(H,29,30,34). The van der Waals surface area contributed by atoms with Crippen LogP contribution in [0.25, 0.3) is 5.69 Å². The molecule has 1 atom stereocenters. The Kier molecular flexibility index (Phi) is 6.45. The smallest absolute Gasteiger partial charge is 0.348 e. The van der Waals surface area contributed by atoms with Gasteiger partial charge in [-0.1, -0.05) is 36.4 Å². The summed E-state index contributed by atoms with van der Waals surface area (Å²) < 4.78 is 6.41. The Morgan fingerprint density at radius 1 is 1.20 bits per heavy atom. The van der Waals surface area contributed by atoms with Crippen molar-refractivity contribution in [3.63, 3.8) is 0 Å². The summed E-state index contributed by atoms with van der Waals surface area (Å²) >= 11 is 0. The first-order valence-corrected chi connectivity index (χ1v) is 10.7. The molecule has 0 amide bonds. The lowest BCUT2D eigenvalue weighted by atomic mass is 9.91. The number of rotatable bonds is 8. The Morgan fingerprint density at radius 3 is 2.57 bits per heavy atom. The molecule has 2 aromatic heterocycles. The number of hydrogen-bond acceptors (Lipinski definition) is 6. The van der Waals surface area contributed by atoms with E-state index in [9.17, 15) is 14.7 Å². The fraction of sp³-hybridized carbons (Fsp3) is 0.160. The normalized spacial score (nSPS) is 11.7. The molecule has 4 aromatic rings. The third-order valence-electron chi connectivity index (χ3n) is 5.60. The van der Waals surface area contributed by atoms with Crippen LogP contribution in [0.2, 0.25) is 0 Å². The number of methoxy groups -OCH3 is 1. The van der Waals surface area contributed by atoms with E-state index in [0.29, 0.717) is 23.7 Å². The van der Waals surface area contributed by atoms with Crippen LogP contribution in [-0.2, 0) is 6.42 Å². The number of aromatic carboxylic acids is 1. The van der Waals surface area contributed by atoms with Crippen LogP contribution in [0.1, 0.15) is 44.5 Å². The number of aromatic nitrogens is 4. The molecule has 0 saturated heterocycles. The summed E-state index contributed by atoms with van der Waals surface area (Å²) in [6.07, 6.45) is 0.457. The maximum Gasteiger partial charge on any atom is 0.348 e. The van der Waals surface area contributed by atoms with E-state index in [0.717, 1.165) is 21.5 Å². The lowest BCUT2D eigenvalue weighted by Gasteiger charge is -2.17. The van der Waals surface area contributed by atoms with Crippen LogP contribution in [0.4, 0.5) is 0 Å². The minimum Gasteiger partial charge on any atom is -0.481 e. The van der Waals surface area contributed by atoms with E-state index in [-0.39, 0.29) is 17.1 Å². The predicted octanol–water partition coefficient (Wildman–Crippen LogP) is 2.63. The van der Waals surface area contributed by atoms with Crippen molar-refractivity contribution in [1.29, 1.82) is 5.41 Å². The quantitative estimate of drug-likeness (QED) is 0.226. The highest BCUT2D eigenvalue weighted by Gasteiger charge is 2.23. The van der Waals surface area contributed by atoms with Gasteiger partial charge in [-0.25, -0.2) is 14.6 Å². The fourth-order valence-corrected chi connectivity index (χ4v) is 3.90. The van der Waals surface area contributed by atoms with Crippen molar-refractivity contribution in [2.75, 3.05) is 7.11 Å². The van der Waals surface area contributed by atoms with E-state index in [1.54, 1.807) is 30.3 Å². The molecule has 0 saturated carbocycles. The Balaban J connectivity index is 1.82. The van der Waals surface area contributed by atoms with Gasteiger partial charge in [0, 0.05) is 23.2 Å². The molecule has 0 bridgehead atoms. The zero-order chi connectivity index (χ0) is 25.1. The van der Waals surface area contributed by atoms with Crippen molar-refractivity contribution in [2.45, 2.75) is 19.3 Å². The van der Waals surface area contributed by atoms with Crippen molar-refractivity contribution in [3.05, 3.63) is 105 Å². The number of carboxylic acids is 1. The monoisotopic (exact) mass is 472 g/mol. The lowest BCUT2D eigenvalue weighted by molar-refractivity contribution is 0.0696. The number of nitrogen functional groups attached to an aromatic ring is 1. The highest BCUT2D eigenvalue weighted by atomic mass is 16.5. The zero-order valence-corrected chi connectivity index (χ0v) is 19.1. The van der Waals surface area contributed by atoms with Gasteiger partial charge in [-0.2, -0.15) is 4.68 Å². The van der Waals surface area contributed by atoms with Crippen LogP contribution in [0.3, 0.4) is 0 Å². The number of aromatic amines is 1. The summed E-state index contributed by atoms with van der Waals surface area (Å²) in [5, 5.41) is 21.7. The molecule has 0 radical (unpaired) electrons. The highest BCUT2D eigenvalue weighted by Crippen LogP contribution is 2.29. The molecule has 1 unspecified atom stereocenters. The van der Waals surface area contributed by atoms with Gasteiger partial charge in [0.15, 0.2) is 0 Å². The highest BCUT2D eigenvalue weighted by molar-refractivity contribution is 5.94. The molecule has 0 aliphatic rings. The predicted molar refractivity (Wildman–Crippen MR) is 130 cm³/mol. The number of ether oxygens (including phenoxy) is 1. The summed E-state index contributed by atoms with van der Waals surface area (Å²) in [5.41, 5.74) is 8.23. The molecule has 5 N–H and O–H groups in total. The summed E-state index contributed by atoms with van der Waals surface area (Å²) in [7, 11) is 1.53. The third-order valence-corrected chi connectivity index (χ3v) is 5.60. The van der Waals surface area contributed by atoms with Crippen molar-refractivity contribution < 1.29 is 14.6 Å². The molecule has 35 heavy (non-hydrogen) atoms. The number of amidine groups is 1. The molecule has 0 aliphatic heterocycles. The Bertz CT molecular complexity index is 1460. The lowest BCUT2D eigenvalue weighted by Crippen LogP contribution is -2.18. The number of carboxylic acid groups (broad SMARTS) is 1. The Hall–Kier alpha value is -4.73. The summed E-state index contributed by atoms with van der Waals surface area (Å²) in [5.74, 6) is -0.801. The van der Waals surface area contributed by atoms with E-state index < -0.39 is 17.6 Å². The van der Waals surface area contributed by atoms with Crippen LogP contribution in [0.15, 0.2) is 65.5 Å². The van der Waals surface area contributed by atoms with Crippen LogP contribution < -0.4 is 16.2 Å². The van der Waals surface area contributed by atoms with E-state index in [1.165, 1.54) is 19.2 Å². The second-order valence-electron chi connectivity index (χ2n) is 8.00. The van der Waals surface area contributed by atoms with Crippen molar-refractivity contribution >= 4 is 11.8 Å². The van der Waals surface area contributed by atoms with E-state index in [2.05, 4.69) is 15.1 Å². The molecule has 0 fully saturated rings. The molecular formula is C25H24N6O4. The number of carbonyl (C=O) groups is 1. The Labute approximate surface area is 200 Å². The molecule has 178 valence electrons. The number of benzene rings is 2. The average molecular weight is 473 g/mol. The molecule has 4 rings (SSSR count). The number of nitrogens with two attached hydrogens (primary N) is 1. The fourth-order valence-electron chi connectivity index (χ4n) is 3.90. The number of para-hydroxylation sites is 1.